The highest BCUT2D eigenvalue weighted by atomic mass is 35.5. The Morgan fingerprint density at radius 2 is 1.64 bits per heavy atom. The number of benzene rings is 3. The first-order valence-electron chi connectivity index (χ1n) is 16.2. The molecule has 0 spiro atoms. The monoisotopic (exact) mass is 654 g/mol. The van der Waals surface area contributed by atoms with Crippen LogP contribution in [0.4, 0.5) is 22.0 Å². The first kappa shape index (κ1) is 32.4. The zero-order chi connectivity index (χ0) is 33.5. The molecule has 2 fully saturated rings. The molecular weight excluding hydrogens is 612 g/mol. The second kappa shape index (κ2) is 13.0. The van der Waals surface area contributed by atoms with Crippen LogP contribution in [0.2, 0.25) is 5.02 Å². The predicted molar refractivity (Wildman–Crippen MR) is 188 cm³/mol. The molecule has 0 saturated carbocycles. The Kier molecular flexibility index (Phi) is 8.94. The van der Waals surface area contributed by atoms with Crippen molar-refractivity contribution in [3.8, 4) is 11.4 Å². The number of nitrogens with two attached hydrogens (primary N) is 1. The summed E-state index contributed by atoms with van der Waals surface area (Å²) in [6.07, 6.45) is 4.80. The van der Waals surface area contributed by atoms with E-state index in [1.54, 1.807) is 16.8 Å². The number of nitrogens with one attached hydrogen (secondary N) is 2. The number of nitrogen functional groups attached to an aromatic ring is 1. The summed E-state index contributed by atoms with van der Waals surface area (Å²) in [5.41, 5.74) is 11.5. The molecule has 3 heterocycles. The highest BCUT2D eigenvalue weighted by Gasteiger charge is 2.44. The van der Waals surface area contributed by atoms with Gasteiger partial charge in [0, 0.05) is 35.3 Å². The molecule has 4 aromatic rings. The topological polar surface area (TPSA) is 115 Å². The number of piperidine rings is 1. The third-order valence-electron chi connectivity index (χ3n) is 9.35. The van der Waals surface area contributed by atoms with Gasteiger partial charge in [-0.1, -0.05) is 62.2 Å². The number of hydrogen-bond acceptors (Lipinski definition) is 5. The smallest absolute Gasteiger partial charge is 0.324 e. The minimum absolute atomic E-state index is 0.0417. The van der Waals surface area contributed by atoms with E-state index in [0.717, 1.165) is 49.0 Å². The average molecular weight is 655 g/mol. The van der Waals surface area contributed by atoms with Crippen LogP contribution in [0.5, 0.6) is 5.75 Å². The summed E-state index contributed by atoms with van der Waals surface area (Å²) >= 11 is 6.27. The van der Waals surface area contributed by atoms with Crippen LogP contribution in [0.3, 0.4) is 0 Å². The Hall–Kier alpha value is -4.50. The molecule has 10 heteroatoms. The number of carbonyl (C=O) groups is 2. The fraction of sp³-hybridized carbons (Fsp3) is 0.378. The third kappa shape index (κ3) is 6.95. The number of nitrogens with zero attached hydrogens (tertiary/aromatic N) is 3. The van der Waals surface area contributed by atoms with Crippen molar-refractivity contribution in [1.82, 2.24) is 14.7 Å². The van der Waals surface area contributed by atoms with E-state index in [4.69, 9.17) is 27.2 Å². The van der Waals surface area contributed by atoms with E-state index in [1.807, 2.05) is 54.3 Å². The number of aromatic nitrogens is 2. The highest BCUT2D eigenvalue weighted by molar-refractivity contribution is 6.33. The van der Waals surface area contributed by atoms with Crippen molar-refractivity contribution in [3.05, 3.63) is 94.1 Å². The molecule has 4 N–H and O–H groups in total. The molecule has 6 rings (SSSR count). The summed E-state index contributed by atoms with van der Waals surface area (Å²) in [5.74, 6) is 1.48. The standard InChI is InChI=1S/C37H43ClN6O3/c1-22-6-12-26(13-7-22)44-34(21-33(42-44)37(2,3)4)41-36(46)40-25-10-8-23(9-11-25)16-24-17-27-14-15-28(18-24)43(27)35(45)29-19-30(38)31(39)20-32(29)47-5/h6-13,19-21,24,27-28H,14-18,39H2,1-5H3,(H2,40,41,46). The lowest BCUT2D eigenvalue weighted by atomic mass is 9.85. The number of halogens is 1. The number of carbonyl (C=O) groups excluding carboxylic acids is 2. The molecule has 2 unspecified atom stereocenters. The molecule has 2 aliphatic heterocycles. The molecule has 9 nitrogen and oxygen atoms in total. The average Bonchev–Trinajstić information content (AvgIpc) is 3.57. The van der Waals surface area contributed by atoms with E-state index >= 15 is 0 Å². The number of rotatable bonds is 7. The molecule has 2 bridgehead atoms. The Bertz CT molecular complexity index is 1760. The van der Waals surface area contributed by atoms with Gasteiger partial charge in [0.25, 0.3) is 5.91 Å². The van der Waals surface area contributed by atoms with Gasteiger partial charge in [-0.25, -0.2) is 9.48 Å². The summed E-state index contributed by atoms with van der Waals surface area (Å²) in [6.45, 7) is 8.34. The highest BCUT2D eigenvalue weighted by Crippen LogP contribution is 2.42. The number of amides is 3. The van der Waals surface area contributed by atoms with Crippen LogP contribution in [-0.2, 0) is 11.8 Å². The first-order chi connectivity index (χ1) is 22.4. The second-order valence-corrected chi connectivity index (χ2v) is 14.3. The van der Waals surface area contributed by atoms with E-state index in [9.17, 15) is 9.59 Å². The zero-order valence-electron chi connectivity index (χ0n) is 27.6. The van der Waals surface area contributed by atoms with Gasteiger partial charge in [0.1, 0.15) is 11.6 Å². The minimum atomic E-state index is -0.334. The number of aryl methyl sites for hydroxylation is 1. The van der Waals surface area contributed by atoms with Crippen LogP contribution >= 0.6 is 11.6 Å². The van der Waals surface area contributed by atoms with Gasteiger partial charge in [-0.3, -0.25) is 10.1 Å². The van der Waals surface area contributed by atoms with Crippen molar-refractivity contribution >= 4 is 40.7 Å². The van der Waals surface area contributed by atoms with Crippen molar-refractivity contribution in [3.63, 3.8) is 0 Å². The Morgan fingerprint density at radius 1 is 0.979 bits per heavy atom. The van der Waals surface area contributed by atoms with Crippen molar-refractivity contribution in [2.24, 2.45) is 5.92 Å². The van der Waals surface area contributed by atoms with Crippen molar-refractivity contribution in [2.45, 2.75) is 77.3 Å². The molecule has 3 amide bonds. The predicted octanol–water partition coefficient (Wildman–Crippen LogP) is 7.99. The number of urea groups is 1. The summed E-state index contributed by atoms with van der Waals surface area (Å²) in [7, 11) is 1.54. The van der Waals surface area contributed by atoms with E-state index in [2.05, 4.69) is 43.5 Å². The Morgan fingerprint density at radius 3 is 2.26 bits per heavy atom. The number of anilines is 3. The molecule has 3 aromatic carbocycles. The van der Waals surface area contributed by atoms with Crippen molar-refractivity contribution in [2.75, 3.05) is 23.5 Å². The molecule has 47 heavy (non-hydrogen) atoms. The summed E-state index contributed by atoms with van der Waals surface area (Å²) in [4.78, 5) is 28.8. The number of fused-ring (bicyclic) bond motifs is 2. The van der Waals surface area contributed by atoms with Crippen LogP contribution in [0.15, 0.2) is 66.7 Å². The molecular formula is C37H43ClN6O3. The summed E-state index contributed by atoms with van der Waals surface area (Å²) in [5, 5.41) is 11.1. The largest absolute Gasteiger partial charge is 0.496 e. The minimum Gasteiger partial charge on any atom is -0.496 e. The zero-order valence-corrected chi connectivity index (χ0v) is 28.4. The lowest BCUT2D eigenvalue weighted by Gasteiger charge is -2.39. The fourth-order valence-corrected chi connectivity index (χ4v) is 7.05. The molecule has 2 aliphatic rings. The maximum atomic E-state index is 13.7. The quantitative estimate of drug-likeness (QED) is 0.175. The van der Waals surface area contributed by atoms with Gasteiger partial charge in [0.05, 0.1) is 34.8 Å². The lowest BCUT2D eigenvalue weighted by molar-refractivity contribution is 0.0521. The maximum Gasteiger partial charge on any atom is 0.324 e. The molecule has 2 atom stereocenters. The van der Waals surface area contributed by atoms with E-state index in [-0.39, 0.29) is 29.4 Å². The number of hydrogen-bond donors (Lipinski definition) is 3. The van der Waals surface area contributed by atoms with Gasteiger partial charge in [0.15, 0.2) is 0 Å². The van der Waals surface area contributed by atoms with Gasteiger partial charge < -0.3 is 20.7 Å². The summed E-state index contributed by atoms with van der Waals surface area (Å²) in [6, 6.07) is 21.3. The van der Waals surface area contributed by atoms with Crippen LogP contribution in [0, 0.1) is 12.8 Å². The molecule has 2 saturated heterocycles. The van der Waals surface area contributed by atoms with Crippen LogP contribution < -0.4 is 21.1 Å². The van der Waals surface area contributed by atoms with Gasteiger partial charge in [-0.2, -0.15) is 5.10 Å². The maximum absolute atomic E-state index is 13.7. The van der Waals surface area contributed by atoms with Gasteiger partial charge in [-0.15, -0.1) is 0 Å². The van der Waals surface area contributed by atoms with Crippen LogP contribution in [-0.4, -0.2) is 45.8 Å². The fourth-order valence-electron chi connectivity index (χ4n) is 6.89. The van der Waals surface area contributed by atoms with Crippen molar-refractivity contribution < 1.29 is 14.3 Å². The lowest BCUT2D eigenvalue weighted by Crippen LogP contribution is -2.47. The summed E-state index contributed by atoms with van der Waals surface area (Å²) < 4.78 is 7.24. The number of methoxy groups -OCH3 is 1. The Balaban J connectivity index is 1.08. The molecule has 1 aromatic heterocycles. The van der Waals surface area contributed by atoms with E-state index < -0.39 is 0 Å². The Labute approximate surface area is 281 Å². The van der Waals surface area contributed by atoms with Crippen LogP contribution in [0.25, 0.3) is 5.69 Å². The normalized spacial score (nSPS) is 19.0. The second-order valence-electron chi connectivity index (χ2n) is 13.9. The molecule has 246 valence electrons. The third-order valence-corrected chi connectivity index (χ3v) is 9.68. The number of ether oxygens (including phenoxy) is 1. The van der Waals surface area contributed by atoms with Crippen LogP contribution in [0.1, 0.15) is 73.6 Å². The molecule has 0 radical (unpaired) electrons. The molecule has 0 aliphatic carbocycles. The SMILES string of the molecule is COc1cc(N)c(Cl)cc1C(=O)N1C2CCC1CC(Cc1ccc(NC(=O)Nc3cc(C(C)(C)C)nn3-c3ccc(C)cc3)cc1)C2. The van der Waals surface area contributed by atoms with E-state index in [1.165, 1.54) is 12.7 Å². The first-order valence-corrected chi connectivity index (χ1v) is 16.6. The van der Waals surface area contributed by atoms with Gasteiger partial charge in [-0.05, 0) is 80.8 Å². The van der Waals surface area contributed by atoms with Gasteiger partial charge in [0.2, 0.25) is 0 Å². The van der Waals surface area contributed by atoms with E-state index in [0.29, 0.717) is 39.4 Å². The van der Waals surface area contributed by atoms with Crippen molar-refractivity contribution in [1.29, 1.82) is 0 Å². The van der Waals surface area contributed by atoms with Gasteiger partial charge >= 0.3 is 6.03 Å².